The van der Waals surface area contributed by atoms with Crippen LogP contribution in [-0.4, -0.2) is 28.4 Å². The number of halogens is 1. The summed E-state index contributed by atoms with van der Waals surface area (Å²) in [5.74, 6) is 5.63. The van der Waals surface area contributed by atoms with E-state index in [1.807, 2.05) is 4.90 Å². The number of nitrogens with two attached hydrogens (primary N) is 1. The zero-order valence-corrected chi connectivity index (χ0v) is 11.1. The van der Waals surface area contributed by atoms with Crippen LogP contribution < -0.4 is 11.3 Å². The number of nitrogen functional groups attached to an aromatic ring is 1. The highest BCUT2D eigenvalue weighted by Crippen LogP contribution is 2.25. The topological polar surface area (TPSA) is 71.2 Å². The predicted molar refractivity (Wildman–Crippen MR) is 71.4 cm³/mol. The second-order valence-corrected chi connectivity index (χ2v) is 4.78. The molecule has 98 valence electrons. The molecule has 1 amide bonds. The first-order chi connectivity index (χ1) is 8.67. The lowest BCUT2D eigenvalue weighted by Gasteiger charge is -2.23. The molecule has 1 aromatic heterocycles. The van der Waals surface area contributed by atoms with Gasteiger partial charge in [0.1, 0.15) is 11.5 Å². The molecular weight excluding hydrogens is 252 g/mol. The second-order valence-electron chi connectivity index (χ2n) is 4.37. The highest BCUT2D eigenvalue weighted by molar-refractivity contribution is 6.33. The number of hydrogen-bond acceptors (Lipinski definition) is 4. The number of amides is 1. The molecule has 1 aromatic rings. The third-order valence-corrected chi connectivity index (χ3v) is 3.61. The van der Waals surface area contributed by atoms with Gasteiger partial charge in [0.25, 0.3) is 5.91 Å². The van der Waals surface area contributed by atoms with Crippen LogP contribution in [0.2, 0.25) is 5.02 Å². The van der Waals surface area contributed by atoms with Crippen LogP contribution in [0.25, 0.3) is 0 Å². The maximum absolute atomic E-state index is 12.4. The Morgan fingerprint density at radius 1 is 1.67 bits per heavy atom. The quantitative estimate of drug-likeness (QED) is 0.650. The number of carbonyl (C=O) groups excluding carboxylic acids is 1. The molecule has 0 bridgehead atoms. The Hall–Kier alpha value is -1.33. The summed E-state index contributed by atoms with van der Waals surface area (Å²) in [4.78, 5) is 18.4. The van der Waals surface area contributed by atoms with Crippen LogP contribution in [0.5, 0.6) is 0 Å². The van der Waals surface area contributed by atoms with Gasteiger partial charge in [0.15, 0.2) is 0 Å². The number of anilines is 1. The van der Waals surface area contributed by atoms with Gasteiger partial charge in [0.05, 0.1) is 5.02 Å². The van der Waals surface area contributed by atoms with E-state index in [4.69, 9.17) is 17.4 Å². The van der Waals surface area contributed by atoms with Crippen LogP contribution in [0.3, 0.4) is 0 Å². The number of nitrogens with one attached hydrogen (secondary N) is 1. The molecular formula is C12H17ClN4O. The van der Waals surface area contributed by atoms with E-state index >= 15 is 0 Å². The maximum Gasteiger partial charge on any atom is 0.274 e. The Morgan fingerprint density at radius 2 is 2.44 bits per heavy atom. The lowest BCUT2D eigenvalue weighted by molar-refractivity contribution is 0.0728. The third kappa shape index (κ3) is 2.42. The normalized spacial score (nSPS) is 19.1. The standard InChI is InChI=1S/C12H17ClN4O/c1-2-8-4-3-7-17(8)12(18)11-9(13)5-6-10(15-11)16-14/h5-6,8H,2-4,7,14H2,1H3,(H,15,16). The Bertz CT molecular complexity index is 452. The first-order valence-corrected chi connectivity index (χ1v) is 6.49. The highest BCUT2D eigenvalue weighted by Gasteiger charge is 2.30. The van der Waals surface area contributed by atoms with E-state index in [0.29, 0.717) is 16.9 Å². The maximum atomic E-state index is 12.4. The summed E-state index contributed by atoms with van der Waals surface area (Å²) in [5, 5.41) is 0.362. The predicted octanol–water partition coefficient (Wildman–Crippen LogP) is 2.04. The fourth-order valence-electron chi connectivity index (χ4n) is 2.34. The molecule has 0 aliphatic carbocycles. The summed E-state index contributed by atoms with van der Waals surface area (Å²) < 4.78 is 0. The molecule has 5 nitrogen and oxygen atoms in total. The summed E-state index contributed by atoms with van der Waals surface area (Å²) in [6.07, 6.45) is 3.05. The average Bonchev–Trinajstić information content (AvgIpc) is 2.86. The molecule has 2 rings (SSSR count). The summed E-state index contributed by atoms with van der Waals surface area (Å²) in [5.41, 5.74) is 2.70. The zero-order valence-electron chi connectivity index (χ0n) is 10.3. The first-order valence-electron chi connectivity index (χ1n) is 6.11. The van der Waals surface area contributed by atoms with E-state index < -0.39 is 0 Å². The molecule has 0 radical (unpaired) electrons. The molecule has 6 heteroatoms. The highest BCUT2D eigenvalue weighted by atomic mass is 35.5. The molecule has 1 aliphatic heterocycles. The van der Waals surface area contributed by atoms with Crippen LogP contribution >= 0.6 is 11.6 Å². The van der Waals surface area contributed by atoms with Crippen molar-refractivity contribution >= 4 is 23.3 Å². The average molecular weight is 269 g/mol. The van der Waals surface area contributed by atoms with Gasteiger partial charge in [0.2, 0.25) is 0 Å². The zero-order chi connectivity index (χ0) is 13.1. The molecule has 1 fully saturated rings. The molecule has 1 atom stereocenters. The van der Waals surface area contributed by atoms with E-state index in [0.717, 1.165) is 25.8 Å². The molecule has 2 heterocycles. The smallest absolute Gasteiger partial charge is 0.274 e. The summed E-state index contributed by atoms with van der Waals surface area (Å²) in [7, 11) is 0. The van der Waals surface area contributed by atoms with Gasteiger partial charge in [-0.1, -0.05) is 18.5 Å². The largest absolute Gasteiger partial charge is 0.334 e. The monoisotopic (exact) mass is 268 g/mol. The molecule has 1 aliphatic rings. The minimum absolute atomic E-state index is 0.110. The van der Waals surface area contributed by atoms with Gasteiger partial charge in [-0.05, 0) is 31.4 Å². The summed E-state index contributed by atoms with van der Waals surface area (Å²) >= 11 is 6.04. The van der Waals surface area contributed by atoms with Crippen molar-refractivity contribution in [2.75, 3.05) is 12.0 Å². The van der Waals surface area contributed by atoms with E-state index in [9.17, 15) is 4.79 Å². The number of rotatable bonds is 3. The molecule has 0 aromatic carbocycles. The van der Waals surface area contributed by atoms with Crippen LogP contribution in [0, 0.1) is 0 Å². The van der Waals surface area contributed by atoms with E-state index in [1.54, 1.807) is 12.1 Å². The van der Waals surface area contributed by atoms with Crippen molar-refractivity contribution in [3.05, 3.63) is 22.8 Å². The summed E-state index contributed by atoms with van der Waals surface area (Å²) in [6, 6.07) is 3.57. The number of likely N-dealkylation sites (tertiary alicyclic amines) is 1. The van der Waals surface area contributed by atoms with Crippen molar-refractivity contribution in [3.8, 4) is 0 Å². The van der Waals surface area contributed by atoms with Gasteiger partial charge >= 0.3 is 0 Å². The van der Waals surface area contributed by atoms with Gasteiger partial charge in [0, 0.05) is 12.6 Å². The lowest BCUT2D eigenvalue weighted by Crippen LogP contribution is -2.35. The minimum Gasteiger partial charge on any atom is -0.334 e. The van der Waals surface area contributed by atoms with Gasteiger partial charge in [-0.25, -0.2) is 10.8 Å². The molecule has 3 N–H and O–H groups in total. The van der Waals surface area contributed by atoms with Gasteiger partial charge < -0.3 is 10.3 Å². The van der Waals surface area contributed by atoms with E-state index in [-0.39, 0.29) is 11.6 Å². The Kier molecular flexibility index (Phi) is 4.04. The van der Waals surface area contributed by atoms with E-state index in [2.05, 4.69) is 17.3 Å². The Labute approximate surface area is 111 Å². The SMILES string of the molecule is CCC1CCCN1C(=O)c1nc(NN)ccc1Cl. The van der Waals surface area contributed by atoms with Crippen LogP contribution in [0.1, 0.15) is 36.7 Å². The number of hydrazine groups is 1. The number of pyridine rings is 1. The molecule has 1 unspecified atom stereocenters. The molecule has 0 spiro atoms. The second kappa shape index (κ2) is 5.54. The molecule has 18 heavy (non-hydrogen) atoms. The van der Waals surface area contributed by atoms with Crippen molar-refractivity contribution in [1.82, 2.24) is 9.88 Å². The number of hydrogen-bond donors (Lipinski definition) is 2. The van der Waals surface area contributed by atoms with Gasteiger partial charge in [-0.3, -0.25) is 4.79 Å². The lowest BCUT2D eigenvalue weighted by atomic mass is 10.1. The summed E-state index contributed by atoms with van der Waals surface area (Å²) in [6.45, 7) is 2.86. The number of nitrogens with zero attached hydrogens (tertiary/aromatic N) is 2. The van der Waals surface area contributed by atoms with Crippen LogP contribution in [0.4, 0.5) is 5.82 Å². The van der Waals surface area contributed by atoms with Crippen molar-refractivity contribution in [2.45, 2.75) is 32.2 Å². The minimum atomic E-state index is -0.110. The fraction of sp³-hybridized carbons (Fsp3) is 0.500. The van der Waals surface area contributed by atoms with Crippen molar-refractivity contribution < 1.29 is 4.79 Å². The van der Waals surface area contributed by atoms with Gasteiger partial charge in [-0.2, -0.15) is 0 Å². The van der Waals surface area contributed by atoms with Crippen molar-refractivity contribution in [2.24, 2.45) is 5.84 Å². The third-order valence-electron chi connectivity index (χ3n) is 3.31. The van der Waals surface area contributed by atoms with Crippen molar-refractivity contribution in [3.63, 3.8) is 0 Å². The Morgan fingerprint density at radius 3 is 3.11 bits per heavy atom. The number of carbonyl (C=O) groups is 1. The molecule has 1 saturated heterocycles. The van der Waals surface area contributed by atoms with Crippen molar-refractivity contribution in [1.29, 1.82) is 0 Å². The number of aromatic nitrogens is 1. The first kappa shape index (κ1) is 13.1. The van der Waals surface area contributed by atoms with E-state index in [1.165, 1.54) is 0 Å². The van der Waals surface area contributed by atoms with Gasteiger partial charge in [-0.15, -0.1) is 0 Å². The Balaban J connectivity index is 2.27. The molecule has 0 saturated carbocycles. The fourth-order valence-corrected chi connectivity index (χ4v) is 2.52. The van der Waals surface area contributed by atoms with Crippen LogP contribution in [0.15, 0.2) is 12.1 Å². The van der Waals surface area contributed by atoms with Crippen LogP contribution in [-0.2, 0) is 0 Å².